The van der Waals surface area contributed by atoms with Crippen LogP contribution in [0.25, 0.3) is 0 Å². The van der Waals surface area contributed by atoms with Gasteiger partial charge in [-0.1, -0.05) is 26.0 Å². The van der Waals surface area contributed by atoms with E-state index in [2.05, 4.69) is 5.32 Å². The summed E-state index contributed by atoms with van der Waals surface area (Å²) >= 11 is 0. The molecule has 188 valence electrons. The van der Waals surface area contributed by atoms with Crippen LogP contribution >= 0.6 is 0 Å². The summed E-state index contributed by atoms with van der Waals surface area (Å²) in [4.78, 5) is 37.4. The van der Waals surface area contributed by atoms with Gasteiger partial charge in [-0.3, -0.25) is 14.3 Å². The first-order valence-corrected chi connectivity index (χ1v) is 12.4. The van der Waals surface area contributed by atoms with Gasteiger partial charge in [0, 0.05) is 49.3 Å². The number of carbonyl (C=O) groups excluding carboxylic acids is 3. The summed E-state index contributed by atoms with van der Waals surface area (Å²) in [7, 11) is 0. The highest BCUT2D eigenvalue weighted by molar-refractivity contribution is 5.97. The van der Waals surface area contributed by atoms with Gasteiger partial charge < -0.3 is 14.8 Å². The van der Waals surface area contributed by atoms with Crippen molar-refractivity contribution in [1.29, 1.82) is 0 Å². The van der Waals surface area contributed by atoms with Gasteiger partial charge in [0.1, 0.15) is 5.69 Å². The van der Waals surface area contributed by atoms with Crippen LogP contribution in [0.15, 0.2) is 24.3 Å². The van der Waals surface area contributed by atoms with Gasteiger partial charge in [0.2, 0.25) is 0 Å². The molecule has 1 amide bonds. The molecule has 4 rings (SSSR count). The topological polar surface area (TPSA) is 99.5 Å². The normalized spacial score (nSPS) is 17.4. The van der Waals surface area contributed by atoms with E-state index in [1.54, 1.807) is 28.9 Å². The molecule has 8 nitrogen and oxygen atoms in total. The Kier molecular flexibility index (Phi) is 7.12. The molecule has 0 aliphatic carbocycles. The molecule has 8 heteroatoms. The van der Waals surface area contributed by atoms with E-state index in [-0.39, 0.29) is 23.7 Å². The lowest BCUT2D eigenvalue weighted by Gasteiger charge is -2.36. The second kappa shape index (κ2) is 9.93. The lowest BCUT2D eigenvalue weighted by atomic mass is 9.74. The van der Waals surface area contributed by atoms with Crippen molar-refractivity contribution in [2.75, 3.05) is 26.4 Å². The van der Waals surface area contributed by atoms with E-state index in [0.717, 1.165) is 30.5 Å². The van der Waals surface area contributed by atoms with Crippen LogP contribution in [-0.2, 0) is 28.9 Å². The lowest BCUT2D eigenvalue weighted by molar-refractivity contribution is 0.0159. The number of hydrogen-bond acceptors (Lipinski definition) is 6. The molecule has 0 radical (unpaired) electrons. The van der Waals surface area contributed by atoms with Crippen molar-refractivity contribution in [2.45, 2.75) is 59.9 Å². The van der Waals surface area contributed by atoms with Crippen LogP contribution in [0.3, 0.4) is 0 Å². The molecule has 0 unspecified atom stereocenters. The Morgan fingerprint density at radius 3 is 2.63 bits per heavy atom. The van der Waals surface area contributed by atoms with Crippen LogP contribution in [0.4, 0.5) is 0 Å². The van der Waals surface area contributed by atoms with Crippen molar-refractivity contribution in [3.8, 4) is 0 Å². The number of nitrogens with one attached hydrogen (secondary N) is 1. The molecule has 2 aliphatic rings. The van der Waals surface area contributed by atoms with Gasteiger partial charge in [0.15, 0.2) is 5.78 Å². The molecular weight excluding hydrogens is 446 g/mol. The Bertz CT molecular complexity index is 1130. The summed E-state index contributed by atoms with van der Waals surface area (Å²) in [6, 6.07) is 6.57. The summed E-state index contributed by atoms with van der Waals surface area (Å²) in [6.07, 6.45) is 3.17. The van der Waals surface area contributed by atoms with E-state index in [9.17, 15) is 14.4 Å². The maximum Gasteiger partial charge on any atom is 0.338 e. The van der Waals surface area contributed by atoms with E-state index < -0.39 is 11.4 Å². The zero-order valence-electron chi connectivity index (χ0n) is 21.1. The maximum absolute atomic E-state index is 13.0. The van der Waals surface area contributed by atoms with Gasteiger partial charge in [-0.05, 0) is 50.7 Å². The van der Waals surface area contributed by atoms with Crippen molar-refractivity contribution < 1.29 is 23.9 Å². The van der Waals surface area contributed by atoms with E-state index >= 15 is 0 Å². The molecule has 1 aromatic heterocycles. The third kappa shape index (κ3) is 5.48. The Labute approximate surface area is 206 Å². The molecule has 1 spiro atoms. The SMILES string of the molecule is CCn1nc(CC(C)(C)COC(=O)c2cccc(C(C)=O)c2)c2c1C(=O)NCC1(CCOCC1)C2. The zero-order chi connectivity index (χ0) is 25.2. The molecule has 35 heavy (non-hydrogen) atoms. The Hall–Kier alpha value is -3.00. The number of rotatable bonds is 7. The first-order valence-electron chi connectivity index (χ1n) is 12.4. The molecule has 0 bridgehead atoms. The predicted molar refractivity (Wildman–Crippen MR) is 131 cm³/mol. The van der Waals surface area contributed by atoms with Crippen molar-refractivity contribution in [3.05, 3.63) is 52.3 Å². The maximum atomic E-state index is 13.0. The highest BCUT2D eigenvalue weighted by atomic mass is 16.5. The van der Waals surface area contributed by atoms with Crippen LogP contribution < -0.4 is 5.32 Å². The monoisotopic (exact) mass is 481 g/mol. The number of esters is 1. The smallest absolute Gasteiger partial charge is 0.338 e. The average molecular weight is 482 g/mol. The third-order valence-corrected chi connectivity index (χ3v) is 7.12. The first-order chi connectivity index (χ1) is 16.6. The minimum atomic E-state index is -0.459. The Morgan fingerprint density at radius 1 is 1.23 bits per heavy atom. The molecule has 0 saturated carbocycles. The minimum absolute atomic E-state index is 0.0200. The fraction of sp³-hybridized carbons (Fsp3) is 0.556. The fourth-order valence-corrected chi connectivity index (χ4v) is 5.02. The summed E-state index contributed by atoms with van der Waals surface area (Å²) in [5.74, 6) is -0.628. The number of ketones is 1. The van der Waals surface area contributed by atoms with E-state index in [0.29, 0.717) is 49.5 Å². The quantitative estimate of drug-likeness (QED) is 0.479. The molecule has 0 atom stereocenters. The molecule has 1 aromatic carbocycles. The largest absolute Gasteiger partial charge is 0.462 e. The average Bonchev–Trinajstić information content (AvgIpc) is 3.10. The first kappa shape index (κ1) is 25.1. The Balaban J connectivity index is 1.53. The standard InChI is InChI=1S/C27H35N3O5/c1-5-30-23-21(14-27(16-28-24(23)32)9-11-34-12-10-27)22(29-30)15-26(3,4)17-35-25(33)20-8-6-7-19(13-20)18(2)31/h6-8,13H,5,9-12,14-17H2,1-4H3,(H,28,32). The molecular formula is C27H35N3O5. The van der Waals surface area contributed by atoms with E-state index in [1.807, 2.05) is 20.8 Å². The second-order valence-electron chi connectivity index (χ2n) is 10.6. The number of aromatic nitrogens is 2. The third-order valence-electron chi connectivity index (χ3n) is 7.12. The number of benzene rings is 1. The van der Waals surface area contributed by atoms with Crippen LogP contribution in [0.1, 0.15) is 83.0 Å². The summed E-state index contributed by atoms with van der Waals surface area (Å²) < 4.78 is 13.1. The van der Waals surface area contributed by atoms with Crippen LogP contribution in [0.2, 0.25) is 0 Å². The van der Waals surface area contributed by atoms with E-state index in [4.69, 9.17) is 14.6 Å². The number of ether oxygens (including phenoxy) is 2. The number of carbonyl (C=O) groups is 3. The summed E-state index contributed by atoms with van der Waals surface area (Å²) in [5.41, 5.74) is 2.97. The molecule has 1 saturated heterocycles. The van der Waals surface area contributed by atoms with Gasteiger partial charge in [0.05, 0.1) is 17.9 Å². The van der Waals surface area contributed by atoms with Crippen molar-refractivity contribution in [3.63, 3.8) is 0 Å². The van der Waals surface area contributed by atoms with Gasteiger partial charge in [-0.25, -0.2) is 4.79 Å². The predicted octanol–water partition coefficient (Wildman–Crippen LogP) is 3.61. The molecule has 2 aromatic rings. The van der Waals surface area contributed by atoms with Crippen molar-refractivity contribution in [2.24, 2.45) is 10.8 Å². The zero-order valence-corrected chi connectivity index (χ0v) is 21.1. The van der Waals surface area contributed by atoms with Crippen molar-refractivity contribution in [1.82, 2.24) is 15.1 Å². The number of Topliss-reactive ketones (excluding diaryl/α,β-unsaturated/α-hetero) is 1. The molecule has 3 heterocycles. The second-order valence-corrected chi connectivity index (χ2v) is 10.6. The van der Waals surface area contributed by atoms with Gasteiger partial charge >= 0.3 is 5.97 Å². The van der Waals surface area contributed by atoms with Crippen LogP contribution in [0, 0.1) is 10.8 Å². The van der Waals surface area contributed by atoms with Gasteiger partial charge in [-0.15, -0.1) is 0 Å². The molecule has 2 aliphatic heterocycles. The highest BCUT2D eigenvalue weighted by Crippen LogP contribution is 2.38. The van der Waals surface area contributed by atoms with Crippen molar-refractivity contribution >= 4 is 17.7 Å². The highest BCUT2D eigenvalue weighted by Gasteiger charge is 2.40. The van der Waals surface area contributed by atoms with Crippen LogP contribution in [0.5, 0.6) is 0 Å². The van der Waals surface area contributed by atoms with Gasteiger partial charge in [0.25, 0.3) is 5.91 Å². The molecule has 1 fully saturated rings. The summed E-state index contributed by atoms with van der Waals surface area (Å²) in [6.45, 7) is 10.4. The Morgan fingerprint density at radius 2 is 1.94 bits per heavy atom. The summed E-state index contributed by atoms with van der Waals surface area (Å²) in [5, 5.41) is 7.96. The minimum Gasteiger partial charge on any atom is -0.462 e. The molecule has 1 N–H and O–H groups in total. The fourth-order valence-electron chi connectivity index (χ4n) is 5.02. The van der Waals surface area contributed by atoms with Crippen LogP contribution in [-0.4, -0.2) is 53.8 Å². The van der Waals surface area contributed by atoms with Gasteiger partial charge in [-0.2, -0.15) is 5.10 Å². The lowest BCUT2D eigenvalue weighted by Crippen LogP contribution is -2.40. The number of hydrogen-bond donors (Lipinski definition) is 1. The number of fused-ring (bicyclic) bond motifs is 1. The number of amides is 1. The van der Waals surface area contributed by atoms with E-state index in [1.165, 1.54) is 6.92 Å². The number of aryl methyl sites for hydroxylation is 1. The number of nitrogens with zero attached hydrogens (tertiary/aromatic N) is 2.